The summed E-state index contributed by atoms with van der Waals surface area (Å²) >= 11 is 0. The second kappa shape index (κ2) is 5.09. The number of likely N-dealkylation sites (tertiary alicyclic amines) is 1. The Labute approximate surface area is 98.8 Å². The molecule has 1 aromatic heterocycles. The van der Waals surface area contributed by atoms with Crippen molar-refractivity contribution in [1.82, 2.24) is 14.9 Å². The standard InChI is InChI=1S/C11H16N4O2/c12-5-8-3-1-2-4-15(8)11(17)9-6-14-10(16)7-13-9/h6-8H,1-5,12H2,(H,14,16). The number of piperidine rings is 1. The number of aromatic amines is 1. The molecule has 0 aromatic carbocycles. The average Bonchev–Trinajstić information content (AvgIpc) is 2.39. The lowest BCUT2D eigenvalue weighted by molar-refractivity contribution is 0.0616. The fourth-order valence-electron chi connectivity index (χ4n) is 2.12. The average molecular weight is 236 g/mol. The van der Waals surface area contributed by atoms with Crippen LogP contribution in [0.2, 0.25) is 0 Å². The van der Waals surface area contributed by atoms with Crippen LogP contribution in [0.25, 0.3) is 0 Å². The van der Waals surface area contributed by atoms with Crippen LogP contribution >= 0.6 is 0 Å². The molecule has 0 saturated carbocycles. The predicted octanol–water partition coefficient (Wildman–Crippen LogP) is -0.277. The maximum atomic E-state index is 12.2. The number of carbonyl (C=O) groups is 1. The number of H-pyrrole nitrogens is 1. The summed E-state index contributed by atoms with van der Waals surface area (Å²) in [5.74, 6) is -0.156. The van der Waals surface area contributed by atoms with Crippen molar-refractivity contribution in [2.24, 2.45) is 5.73 Å². The zero-order valence-corrected chi connectivity index (χ0v) is 9.56. The molecule has 0 spiro atoms. The molecule has 0 aliphatic carbocycles. The van der Waals surface area contributed by atoms with E-state index in [9.17, 15) is 9.59 Å². The Morgan fingerprint density at radius 3 is 3.06 bits per heavy atom. The number of nitrogens with one attached hydrogen (secondary N) is 1. The molecule has 3 N–H and O–H groups in total. The van der Waals surface area contributed by atoms with Gasteiger partial charge in [-0.15, -0.1) is 0 Å². The number of aromatic nitrogens is 2. The van der Waals surface area contributed by atoms with E-state index in [1.807, 2.05) is 0 Å². The van der Waals surface area contributed by atoms with Crippen molar-refractivity contribution in [1.29, 1.82) is 0 Å². The number of rotatable bonds is 2. The van der Waals surface area contributed by atoms with Crippen molar-refractivity contribution in [3.63, 3.8) is 0 Å². The Balaban J connectivity index is 2.18. The van der Waals surface area contributed by atoms with E-state index in [0.717, 1.165) is 25.5 Å². The van der Waals surface area contributed by atoms with Crippen LogP contribution in [0.5, 0.6) is 0 Å². The molecule has 1 fully saturated rings. The number of hydrogen-bond donors (Lipinski definition) is 2. The Kier molecular flexibility index (Phi) is 3.53. The zero-order valence-electron chi connectivity index (χ0n) is 9.56. The summed E-state index contributed by atoms with van der Waals surface area (Å²) in [7, 11) is 0. The highest BCUT2D eigenvalue weighted by molar-refractivity contribution is 5.92. The van der Waals surface area contributed by atoms with Crippen LogP contribution in [0.1, 0.15) is 29.8 Å². The Bertz CT molecular complexity index is 437. The SMILES string of the molecule is NCC1CCCCN1C(=O)c1c[nH]c(=O)cn1. The minimum absolute atomic E-state index is 0.0879. The summed E-state index contributed by atoms with van der Waals surface area (Å²) in [6.07, 6.45) is 5.50. The van der Waals surface area contributed by atoms with Gasteiger partial charge in [-0.1, -0.05) is 0 Å². The molecule has 2 heterocycles. The van der Waals surface area contributed by atoms with Gasteiger partial charge in [-0.2, -0.15) is 0 Å². The quantitative estimate of drug-likeness (QED) is 0.739. The van der Waals surface area contributed by atoms with Crippen LogP contribution in [-0.4, -0.2) is 39.9 Å². The number of amides is 1. The molecule has 6 nitrogen and oxygen atoms in total. The fraction of sp³-hybridized carbons (Fsp3) is 0.545. The molecular formula is C11H16N4O2. The Morgan fingerprint density at radius 2 is 2.41 bits per heavy atom. The van der Waals surface area contributed by atoms with Crippen molar-refractivity contribution in [3.05, 3.63) is 28.4 Å². The van der Waals surface area contributed by atoms with Gasteiger partial charge in [0, 0.05) is 25.3 Å². The first kappa shape index (κ1) is 11.8. The first-order valence-corrected chi connectivity index (χ1v) is 5.78. The fourth-order valence-corrected chi connectivity index (χ4v) is 2.12. The highest BCUT2D eigenvalue weighted by atomic mass is 16.2. The molecule has 1 aliphatic rings. The van der Waals surface area contributed by atoms with E-state index >= 15 is 0 Å². The van der Waals surface area contributed by atoms with Crippen LogP contribution < -0.4 is 11.3 Å². The van der Waals surface area contributed by atoms with Gasteiger partial charge < -0.3 is 15.6 Å². The van der Waals surface area contributed by atoms with Crippen molar-refractivity contribution >= 4 is 5.91 Å². The van der Waals surface area contributed by atoms with Crippen LogP contribution in [0.15, 0.2) is 17.2 Å². The van der Waals surface area contributed by atoms with Gasteiger partial charge >= 0.3 is 0 Å². The van der Waals surface area contributed by atoms with E-state index in [1.165, 1.54) is 6.20 Å². The third-order valence-corrected chi connectivity index (χ3v) is 3.05. The van der Waals surface area contributed by atoms with E-state index in [0.29, 0.717) is 13.1 Å². The molecule has 1 amide bonds. The highest BCUT2D eigenvalue weighted by Gasteiger charge is 2.27. The molecule has 2 rings (SSSR count). The third kappa shape index (κ3) is 2.52. The molecule has 0 bridgehead atoms. The predicted molar refractivity (Wildman–Crippen MR) is 62.6 cm³/mol. The van der Waals surface area contributed by atoms with Crippen molar-refractivity contribution in [2.75, 3.05) is 13.1 Å². The van der Waals surface area contributed by atoms with Crippen LogP contribution in [0, 0.1) is 0 Å². The van der Waals surface area contributed by atoms with E-state index < -0.39 is 0 Å². The third-order valence-electron chi connectivity index (χ3n) is 3.05. The van der Waals surface area contributed by atoms with Gasteiger partial charge in [-0.25, -0.2) is 4.98 Å². The highest BCUT2D eigenvalue weighted by Crippen LogP contribution is 2.17. The second-order valence-corrected chi connectivity index (χ2v) is 4.18. The Hall–Kier alpha value is -1.69. The lowest BCUT2D eigenvalue weighted by Crippen LogP contribution is -2.47. The van der Waals surface area contributed by atoms with E-state index in [1.54, 1.807) is 4.90 Å². The van der Waals surface area contributed by atoms with Gasteiger partial charge in [0.25, 0.3) is 11.5 Å². The van der Waals surface area contributed by atoms with Gasteiger partial charge in [0.1, 0.15) is 5.69 Å². The van der Waals surface area contributed by atoms with Gasteiger partial charge in [-0.3, -0.25) is 9.59 Å². The molecule has 6 heteroatoms. The van der Waals surface area contributed by atoms with E-state index in [2.05, 4.69) is 9.97 Å². The number of nitrogens with zero attached hydrogens (tertiary/aromatic N) is 2. The van der Waals surface area contributed by atoms with Gasteiger partial charge in [0.2, 0.25) is 0 Å². The van der Waals surface area contributed by atoms with Crippen molar-refractivity contribution in [2.45, 2.75) is 25.3 Å². The smallest absolute Gasteiger partial charge is 0.274 e. The molecule has 1 atom stereocenters. The topological polar surface area (TPSA) is 92.1 Å². The number of hydrogen-bond acceptors (Lipinski definition) is 4. The molecule has 1 saturated heterocycles. The Morgan fingerprint density at radius 1 is 1.59 bits per heavy atom. The van der Waals surface area contributed by atoms with E-state index in [4.69, 9.17) is 5.73 Å². The number of nitrogens with two attached hydrogens (primary N) is 1. The van der Waals surface area contributed by atoms with Gasteiger partial charge in [0.15, 0.2) is 0 Å². The molecular weight excluding hydrogens is 220 g/mol. The van der Waals surface area contributed by atoms with Crippen molar-refractivity contribution in [3.8, 4) is 0 Å². The molecule has 92 valence electrons. The first-order chi connectivity index (χ1) is 8.22. The molecule has 1 aromatic rings. The van der Waals surface area contributed by atoms with E-state index in [-0.39, 0.29) is 23.2 Å². The maximum absolute atomic E-state index is 12.2. The first-order valence-electron chi connectivity index (χ1n) is 5.78. The van der Waals surface area contributed by atoms with Gasteiger partial charge in [0.05, 0.1) is 6.20 Å². The summed E-state index contributed by atoms with van der Waals surface area (Å²) in [5, 5.41) is 0. The van der Waals surface area contributed by atoms with Crippen molar-refractivity contribution < 1.29 is 4.79 Å². The lowest BCUT2D eigenvalue weighted by Gasteiger charge is -2.34. The molecule has 0 radical (unpaired) electrons. The van der Waals surface area contributed by atoms with Crippen LogP contribution in [0.4, 0.5) is 0 Å². The second-order valence-electron chi connectivity index (χ2n) is 4.18. The summed E-state index contributed by atoms with van der Waals surface area (Å²) in [4.78, 5) is 31.1. The molecule has 1 unspecified atom stereocenters. The van der Waals surface area contributed by atoms with Crippen LogP contribution in [-0.2, 0) is 0 Å². The zero-order chi connectivity index (χ0) is 12.3. The summed E-state index contributed by atoms with van der Waals surface area (Å²) in [6, 6.07) is 0.0879. The minimum Gasteiger partial charge on any atom is -0.333 e. The minimum atomic E-state index is -0.310. The monoisotopic (exact) mass is 236 g/mol. The lowest BCUT2D eigenvalue weighted by atomic mass is 10.0. The number of carbonyl (C=O) groups excluding carboxylic acids is 1. The van der Waals surface area contributed by atoms with Gasteiger partial charge in [-0.05, 0) is 19.3 Å². The molecule has 1 aliphatic heterocycles. The molecule has 17 heavy (non-hydrogen) atoms. The summed E-state index contributed by atoms with van der Waals surface area (Å²) in [5.41, 5.74) is 5.62. The summed E-state index contributed by atoms with van der Waals surface area (Å²) < 4.78 is 0. The largest absolute Gasteiger partial charge is 0.333 e. The summed E-state index contributed by atoms with van der Waals surface area (Å²) in [6.45, 7) is 1.18. The maximum Gasteiger partial charge on any atom is 0.274 e. The normalized spacial score (nSPS) is 20.3. The van der Waals surface area contributed by atoms with Crippen LogP contribution in [0.3, 0.4) is 0 Å².